The Balaban J connectivity index is 1.29. The summed E-state index contributed by atoms with van der Waals surface area (Å²) in [7, 11) is -4.10. The molecule has 4 N–H and O–H groups in total. The fourth-order valence-electron chi connectivity index (χ4n) is 4.45. The number of aliphatic hydroxyl groups is 1. The molecular formula is C23H23ClN6O5S2. The first kappa shape index (κ1) is 25.7. The number of hydrogen-bond donors (Lipinski definition) is 3. The average molecular weight is 563 g/mol. The van der Waals surface area contributed by atoms with Gasteiger partial charge in [0.2, 0.25) is 5.78 Å². The van der Waals surface area contributed by atoms with Gasteiger partial charge in [-0.3, -0.25) is 13.7 Å². The SMILES string of the molecule is NS(=O)(=O)OC[C@H]1C[C@@H](Nc2ncncc2C(=O)c2ccn(Cc3csc4ccc(Cl)cc34)n2)C[C@@H]1O. The number of ketones is 1. The van der Waals surface area contributed by atoms with Crippen LogP contribution in [0.25, 0.3) is 10.1 Å². The van der Waals surface area contributed by atoms with Crippen molar-refractivity contribution in [2.75, 3.05) is 11.9 Å². The van der Waals surface area contributed by atoms with E-state index in [9.17, 15) is 18.3 Å². The molecule has 0 bridgehead atoms. The number of benzene rings is 1. The molecule has 5 rings (SSSR count). The zero-order chi connectivity index (χ0) is 26.2. The number of nitrogens with two attached hydrogens (primary N) is 1. The summed E-state index contributed by atoms with van der Waals surface area (Å²) in [5.74, 6) is -0.485. The Bertz CT molecular complexity index is 1560. The van der Waals surface area contributed by atoms with Crippen LogP contribution in [-0.2, 0) is 21.0 Å². The van der Waals surface area contributed by atoms with Crippen molar-refractivity contribution in [3.63, 3.8) is 0 Å². The van der Waals surface area contributed by atoms with Crippen LogP contribution in [-0.4, -0.2) is 57.8 Å². The summed E-state index contributed by atoms with van der Waals surface area (Å²) in [6, 6.07) is 7.13. The third kappa shape index (κ3) is 5.98. The Morgan fingerprint density at radius 1 is 1.32 bits per heavy atom. The molecule has 37 heavy (non-hydrogen) atoms. The molecule has 3 aromatic heterocycles. The second-order valence-corrected chi connectivity index (χ2v) is 11.4. The normalized spacial score (nSPS) is 19.9. The summed E-state index contributed by atoms with van der Waals surface area (Å²) >= 11 is 7.78. The molecule has 0 spiro atoms. The van der Waals surface area contributed by atoms with Crippen molar-refractivity contribution in [1.29, 1.82) is 0 Å². The second kappa shape index (κ2) is 10.4. The summed E-state index contributed by atoms with van der Waals surface area (Å²) in [5.41, 5.74) is 1.52. The van der Waals surface area contributed by atoms with E-state index in [1.165, 1.54) is 12.5 Å². The minimum atomic E-state index is -4.10. The lowest BCUT2D eigenvalue weighted by atomic mass is 10.1. The van der Waals surface area contributed by atoms with Crippen LogP contribution in [0.2, 0.25) is 5.02 Å². The fourth-order valence-corrected chi connectivity index (χ4v) is 5.92. The Morgan fingerprint density at radius 3 is 2.97 bits per heavy atom. The van der Waals surface area contributed by atoms with Crippen molar-refractivity contribution in [2.24, 2.45) is 11.1 Å². The van der Waals surface area contributed by atoms with Crippen LogP contribution in [0, 0.1) is 5.92 Å². The molecule has 11 nitrogen and oxygen atoms in total. The number of carbonyl (C=O) groups excluding carboxylic acids is 1. The molecule has 1 fully saturated rings. The van der Waals surface area contributed by atoms with E-state index >= 15 is 0 Å². The summed E-state index contributed by atoms with van der Waals surface area (Å²) in [6.45, 7) is 0.253. The van der Waals surface area contributed by atoms with Gasteiger partial charge in [0, 0.05) is 34.1 Å². The van der Waals surface area contributed by atoms with Gasteiger partial charge >= 0.3 is 10.3 Å². The topological polar surface area (TPSA) is 162 Å². The number of carbonyl (C=O) groups is 1. The lowest BCUT2D eigenvalue weighted by molar-refractivity contribution is 0.101. The molecule has 1 saturated carbocycles. The first-order valence-electron chi connectivity index (χ1n) is 11.3. The standard InChI is InChI=1S/C23H23ClN6O5S2/c24-15-1-2-21-17(6-15)14(11-36-21)9-30-4-3-19(29-30)22(32)18-8-26-12-27-23(18)28-16-5-13(20(31)7-16)10-35-37(25,33)34/h1-4,6,8,11-13,16,20,31H,5,7,9-10H2,(H2,25,33,34)(H,26,27,28)/t13-,16-,20+/m1/s1. The molecule has 1 aliphatic rings. The highest BCUT2D eigenvalue weighted by Gasteiger charge is 2.35. The summed E-state index contributed by atoms with van der Waals surface area (Å²) in [4.78, 5) is 21.5. The summed E-state index contributed by atoms with van der Waals surface area (Å²) in [6.07, 6.45) is 4.40. The highest BCUT2D eigenvalue weighted by atomic mass is 35.5. The highest BCUT2D eigenvalue weighted by molar-refractivity contribution is 7.84. The van der Waals surface area contributed by atoms with Crippen molar-refractivity contribution in [3.8, 4) is 0 Å². The monoisotopic (exact) mass is 562 g/mol. The third-order valence-electron chi connectivity index (χ3n) is 6.22. The molecule has 3 heterocycles. The molecule has 0 aliphatic heterocycles. The van der Waals surface area contributed by atoms with E-state index in [4.69, 9.17) is 16.7 Å². The van der Waals surface area contributed by atoms with Crippen molar-refractivity contribution in [3.05, 3.63) is 70.2 Å². The zero-order valence-corrected chi connectivity index (χ0v) is 21.7. The van der Waals surface area contributed by atoms with Crippen molar-refractivity contribution < 1.29 is 22.5 Å². The molecule has 3 atom stereocenters. The van der Waals surface area contributed by atoms with Gasteiger partial charge in [-0.2, -0.15) is 13.5 Å². The van der Waals surface area contributed by atoms with E-state index in [1.807, 2.05) is 18.2 Å². The van der Waals surface area contributed by atoms with Crippen LogP contribution < -0.4 is 10.5 Å². The second-order valence-electron chi connectivity index (χ2n) is 8.83. The minimum absolute atomic E-state index is 0.225. The van der Waals surface area contributed by atoms with Gasteiger partial charge in [-0.15, -0.1) is 11.3 Å². The van der Waals surface area contributed by atoms with Crippen LogP contribution in [0.5, 0.6) is 0 Å². The van der Waals surface area contributed by atoms with Crippen molar-refractivity contribution in [2.45, 2.75) is 31.5 Å². The van der Waals surface area contributed by atoms with Crippen molar-refractivity contribution >= 4 is 54.9 Å². The number of rotatable bonds is 9. The van der Waals surface area contributed by atoms with Gasteiger partial charge in [-0.25, -0.2) is 15.1 Å². The van der Waals surface area contributed by atoms with Crippen LogP contribution in [0.1, 0.15) is 34.5 Å². The van der Waals surface area contributed by atoms with Crippen molar-refractivity contribution in [1.82, 2.24) is 19.7 Å². The number of nitrogens with one attached hydrogen (secondary N) is 1. The van der Waals surface area contributed by atoms with E-state index in [0.29, 0.717) is 30.2 Å². The number of anilines is 1. The molecule has 0 saturated heterocycles. The maximum Gasteiger partial charge on any atom is 0.333 e. The molecule has 0 radical (unpaired) electrons. The smallest absolute Gasteiger partial charge is 0.333 e. The van der Waals surface area contributed by atoms with Gasteiger partial charge in [0.25, 0.3) is 0 Å². The number of halogens is 1. The van der Waals surface area contributed by atoms with Gasteiger partial charge in [-0.1, -0.05) is 11.6 Å². The maximum atomic E-state index is 13.3. The lowest BCUT2D eigenvalue weighted by Crippen LogP contribution is -2.24. The van der Waals surface area contributed by atoms with Gasteiger partial charge in [0.05, 0.1) is 24.8 Å². The molecule has 0 unspecified atom stereocenters. The average Bonchev–Trinajstić information content (AvgIpc) is 3.57. The van der Waals surface area contributed by atoms with E-state index in [2.05, 4.69) is 29.9 Å². The fraction of sp³-hybridized carbons (Fsp3) is 0.304. The third-order valence-corrected chi connectivity index (χ3v) is 7.93. The van der Waals surface area contributed by atoms with E-state index in [0.717, 1.165) is 15.6 Å². The van der Waals surface area contributed by atoms with Gasteiger partial charge in [0.15, 0.2) is 0 Å². The number of nitrogens with zero attached hydrogens (tertiary/aromatic N) is 4. The molecule has 1 aliphatic carbocycles. The van der Waals surface area contributed by atoms with Gasteiger partial charge < -0.3 is 10.4 Å². The largest absolute Gasteiger partial charge is 0.393 e. The first-order chi connectivity index (χ1) is 17.7. The van der Waals surface area contributed by atoms with E-state index < -0.39 is 22.3 Å². The molecule has 194 valence electrons. The quantitative estimate of drug-likeness (QED) is 0.260. The highest BCUT2D eigenvalue weighted by Crippen LogP contribution is 2.31. The molecule has 4 aromatic rings. The predicted octanol–water partition coefficient (Wildman–Crippen LogP) is 2.59. The van der Waals surface area contributed by atoms with E-state index in [-0.39, 0.29) is 29.7 Å². The lowest BCUT2D eigenvalue weighted by Gasteiger charge is -2.15. The van der Waals surface area contributed by atoms with Crippen LogP contribution in [0.3, 0.4) is 0 Å². The molecule has 0 amide bonds. The Labute approximate surface area is 221 Å². The number of aliphatic hydroxyl groups excluding tert-OH is 1. The van der Waals surface area contributed by atoms with Crippen LogP contribution in [0.4, 0.5) is 5.82 Å². The predicted molar refractivity (Wildman–Crippen MR) is 139 cm³/mol. The first-order valence-corrected chi connectivity index (χ1v) is 14.0. The van der Waals surface area contributed by atoms with Crippen LogP contribution >= 0.6 is 22.9 Å². The number of thiophene rings is 1. The Kier molecular flexibility index (Phi) is 7.25. The van der Waals surface area contributed by atoms with Gasteiger partial charge in [-0.05, 0) is 53.4 Å². The maximum absolute atomic E-state index is 13.3. The molecule has 1 aromatic carbocycles. The number of hydrogen-bond acceptors (Lipinski definition) is 10. The zero-order valence-electron chi connectivity index (χ0n) is 19.3. The van der Waals surface area contributed by atoms with Crippen LogP contribution in [0.15, 0.2) is 48.4 Å². The molecule has 14 heteroatoms. The minimum Gasteiger partial charge on any atom is -0.393 e. The summed E-state index contributed by atoms with van der Waals surface area (Å²) in [5, 5.41) is 26.6. The molecular weight excluding hydrogens is 540 g/mol. The number of aromatic nitrogens is 4. The van der Waals surface area contributed by atoms with Gasteiger partial charge in [0.1, 0.15) is 17.8 Å². The summed E-state index contributed by atoms with van der Waals surface area (Å²) < 4.78 is 29.6. The number of fused-ring (bicyclic) bond motifs is 1. The Morgan fingerprint density at radius 2 is 2.16 bits per heavy atom. The van der Waals surface area contributed by atoms with E-state index in [1.54, 1.807) is 28.3 Å². The Hall–Kier alpha value is -2.94.